The average Bonchev–Trinajstić information content (AvgIpc) is 2.12. The number of halogens is 2. The topological polar surface area (TPSA) is 17.1 Å². The van der Waals surface area contributed by atoms with Crippen molar-refractivity contribution >= 4 is 37.6 Å². The molecule has 82 valence electrons. The van der Waals surface area contributed by atoms with Crippen molar-refractivity contribution in [3.05, 3.63) is 32.2 Å². The van der Waals surface area contributed by atoms with Crippen molar-refractivity contribution in [2.45, 2.75) is 27.7 Å². The molecular formula is C12H14Br2O. The molecule has 15 heavy (non-hydrogen) atoms. The predicted octanol–water partition coefficient (Wildman–Crippen LogP) is 4.75. The molecule has 3 heteroatoms. The van der Waals surface area contributed by atoms with Crippen LogP contribution < -0.4 is 0 Å². The molecule has 1 aromatic carbocycles. The SMILES string of the molecule is Cc1c(Br)ccc(C(=O)C(C)(C)C)c1Br. The number of ketones is 1. The summed E-state index contributed by atoms with van der Waals surface area (Å²) in [6.07, 6.45) is 0. The van der Waals surface area contributed by atoms with E-state index in [0.29, 0.717) is 0 Å². The molecule has 0 fully saturated rings. The number of benzene rings is 1. The Hall–Kier alpha value is -0.150. The Bertz CT molecular complexity index is 403. The second-order valence-corrected chi connectivity index (χ2v) is 6.26. The van der Waals surface area contributed by atoms with Gasteiger partial charge in [-0.2, -0.15) is 0 Å². The van der Waals surface area contributed by atoms with Gasteiger partial charge in [0.05, 0.1) is 0 Å². The molecule has 0 spiro atoms. The van der Waals surface area contributed by atoms with Crippen LogP contribution in [0.2, 0.25) is 0 Å². The van der Waals surface area contributed by atoms with Crippen LogP contribution in [-0.2, 0) is 0 Å². The molecule has 0 aliphatic carbocycles. The van der Waals surface area contributed by atoms with Crippen molar-refractivity contribution in [3.8, 4) is 0 Å². The van der Waals surface area contributed by atoms with E-state index < -0.39 is 0 Å². The Balaban J connectivity index is 3.29. The average molecular weight is 334 g/mol. The first-order valence-corrected chi connectivity index (χ1v) is 6.33. The van der Waals surface area contributed by atoms with E-state index in [0.717, 1.165) is 20.1 Å². The monoisotopic (exact) mass is 332 g/mol. The van der Waals surface area contributed by atoms with Crippen LogP contribution in [0.4, 0.5) is 0 Å². The fraction of sp³-hybridized carbons (Fsp3) is 0.417. The molecule has 0 heterocycles. The van der Waals surface area contributed by atoms with Gasteiger partial charge in [0, 0.05) is 19.9 Å². The number of carbonyl (C=O) groups excluding carboxylic acids is 1. The molecule has 0 radical (unpaired) electrons. The van der Waals surface area contributed by atoms with Gasteiger partial charge in [-0.15, -0.1) is 0 Å². The van der Waals surface area contributed by atoms with Crippen molar-refractivity contribution in [1.29, 1.82) is 0 Å². The van der Waals surface area contributed by atoms with Gasteiger partial charge in [0.2, 0.25) is 0 Å². The lowest BCUT2D eigenvalue weighted by Gasteiger charge is -2.18. The molecule has 0 saturated carbocycles. The van der Waals surface area contributed by atoms with E-state index in [1.165, 1.54) is 0 Å². The van der Waals surface area contributed by atoms with Crippen LogP contribution in [0.15, 0.2) is 21.1 Å². The summed E-state index contributed by atoms with van der Waals surface area (Å²) in [5.74, 6) is 0.157. The fourth-order valence-corrected chi connectivity index (χ4v) is 2.36. The van der Waals surface area contributed by atoms with Gasteiger partial charge in [0.1, 0.15) is 0 Å². The van der Waals surface area contributed by atoms with Crippen LogP contribution >= 0.6 is 31.9 Å². The highest BCUT2D eigenvalue weighted by Crippen LogP contribution is 2.32. The van der Waals surface area contributed by atoms with Crippen molar-refractivity contribution < 1.29 is 4.79 Å². The smallest absolute Gasteiger partial charge is 0.169 e. The van der Waals surface area contributed by atoms with Crippen molar-refractivity contribution in [2.24, 2.45) is 5.41 Å². The number of rotatable bonds is 1. The van der Waals surface area contributed by atoms with E-state index in [1.54, 1.807) is 0 Å². The number of hydrogen-bond donors (Lipinski definition) is 0. The third-order valence-corrected chi connectivity index (χ3v) is 4.13. The van der Waals surface area contributed by atoms with Crippen LogP contribution in [0.25, 0.3) is 0 Å². The summed E-state index contributed by atoms with van der Waals surface area (Å²) in [5.41, 5.74) is 1.47. The van der Waals surface area contributed by atoms with E-state index in [9.17, 15) is 4.79 Å². The Morgan fingerprint density at radius 2 is 1.73 bits per heavy atom. The molecule has 1 aromatic rings. The molecule has 1 rings (SSSR count). The lowest BCUT2D eigenvalue weighted by atomic mass is 9.86. The van der Waals surface area contributed by atoms with Gasteiger partial charge in [-0.3, -0.25) is 4.79 Å². The second kappa shape index (κ2) is 4.38. The predicted molar refractivity (Wildman–Crippen MR) is 70.4 cm³/mol. The van der Waals surface area contributed by atoms with Gasteiger partial charge in [0.15, 0.2) is 5.78 Å². The largest absolute Gasteiger partial charge is 0.294 e. The van der Waals surface area contributed by atoms with E-state index >= 15 is 0 Å². The van der Waals surface area contributed by atoms with E-state index in [-0.39, 0.29) is 11.2 Å². The minimum atomic E-state index is -0.344. The second-order valence-electron chi connectivity index (χ2n) is 4.61. The first-order valence-electron chi connectivity index (χ1n) is 4.74. The van der Waals surface area contributed by atoms with Crippen LogP contribution in [0.1, 0.15) is 36.7 Å². The molecule has 0 atom stereocenters. The van der Waals surface area contributed by atoms with E-state index in [2.05, 4.69) is 31.9 Å². The van der Waals surface area contributed by atoms with Crippen LogP contribution in [0.3, 0.4) is 0 Å². The Kier molecular flexibility index (Phi) is 3.77. The third kappa shape index (κ3) is 2.70. The summed E-state index contributed by atoms with van der Waals surface area (Å²) in [6, 6.07) is 3.77. The zero-order chi connectivity index (χ0) is 11.8. The molecule has 0 aliphatic rings. The zero-order valence-corrected chi connectivity index (χ0v) is 12.5. The minimum Gasteiger partial charge on any atom is -0.294 e. The Morgan fingerprint density at radius 1 is 1.20 bits per heavy atom. The lowest BCUT2D eigenvalue weighted by molar-refractivity contribution is 0.0857. The quantitative estimate of drug-likeness (QED) is 0.678. The molecule has 0 unspecified atom stereocenters. The molecule has 1 nitrogen and oxygen atoms in total. The molecule has 0 bridgehead atoms. The third-order valence-electron chi connectivity index (χ3n) is 2.25. The molecular weight excluding hydrogens is 320 g/mol. The van der Waals surface area contributed by atoms with Gasteiger partial charge < -0.3 is 0 Å². The van der Waals surface area contributed by atoms with E-state index in [4.69, 9.17) is 0 Å². The summed E-state index contributed by atoms with van der Waals surface area (Å²) in [4.78, 5) is 12.1. The number of carbonyl (C=O) groups is 1. The Labute approximate surface area is 108 Å². The van der Waals surface area contributed by atoms with Crippen LogP contribution in [0, 0.1) is 12.3 Å². The van der Waals surface area contributed by atoms with Crippen molar-refractivity contribution in [2.75, 3.05) is 0 Å². The summed E-state index contributed by atoms with van der Waals surface area (Å²) in [6.45, 7) is 7.77. The number of Topliss-reactive ketones (excluding diaryl/α,β-unsaturated/α-hetero) is 1. The fourth-order valence-electron chi connectivity index (χ4n) is 1.24. The molecule has 0 aromatic heterocycles. The highest BCUT2D eigenvalue weighted by molar-refractivity contribution is 9.11. The van der Waals surface area contributed by atoms with Gasteiger partial charge >= 0.3 is 0 Å². The molecule has 0 aliphatic heterocycles. The standard InChI is InChI=1S/C12H14Br2O/c1-7-9(13)6-5-8(10(7)14)11(15)12(2,3)4/h5-6H,1-4H3. The van der Waals surface area contributed by atoms with Crippen LogP contribution in [0.5, 0.6) is 0 Å². The van der Waals surface area contributed by atoms with Gasteiger partial charge in [-0.1, -0.05) is 36.7 Å². The van der Waals surface area contributed by atoms with E-state index in [1.807, 2.05) is 39.8 Å². The van der Waals surface area contributed by atoms with Crippen LogP contribution in [-0.4, -0.2) is 5.78 Å². The number of hydrogen-bond acceptors (Lipinski definition) is 1. The molecule has 0 N–H and O–H groups in total. The molecule has 0 amide bonds. The Morgan fingerprint density at radius 3 is 2.20 bits per heavy atom. The minimum absolute atomic E-state index is 0.157. The van der Waals surface area contributed by atoms with Gasteiger partial charge in [-0.25, -0.2) is 0 Å². The van der Waals surface area contributed by atoms with Crippen molar-refractivity contribution in [1.82, 2.24) is 0 Å². The zero-order valence-electron chi connectivity index (χ0n) is 9.32. The first-order chi connectivity index (χ1) is 6.75. The normalized spacial score (nSPS) is 11.6. The maximum Gasteiger partial charge on any atom is 0.169 e. The maximum atomic E-state index is 12.1. The summed E-state index contributed by atoms with van der Waals surface area (Å²) >= 11 is 6.91. The highest BCUT2D eigenvalue weighted by Gasteiger charge is 2.25. The maximum absolute atomic E-state index is 12.1. The highest BCUT2D eigenvalue weighted by atomic mass is 79.9. The lowest BCUT2D eigenvalue weighted by Crippen LogP contribution is -2.20. The summed E-state index contributed by atoms with van der Waals surface area (Å²) in [7, 11) is 0. The summed E-state index contributed by atoms with van der Waals surface area (Å²) < 4.78 is 1.90. The van der Waals surface area contributed by atoms with Crippen molar-refractivity contribution in [3.63, 3.8) is 0 Å². The summed E-state index contributed by atoms with van der Waals surface area (Å²) in [5, 5.41) is 0. The molecule has 0 saturated heterocycles. The van der Waals surface area contributed by atoms with Gasteiger partial charge in [0.25, 0.3) is 0 Å². The van der Waals surface area contributed by atoms with Gasteiger partial charge in [-0.05, 0) is 40.5 Å². The first kappa shape index (κ1) is 12.9.